The summed E-state index contributed by atoms with van der Waals surface area (Å²) < 4.78 is 0. The van der Waals surface area contributed by atoms with E-state index in [1.165, 1.54) is 4.90 Å². The van der Waals surface area contributed by atoms with Crippen molar-refractivity contribution in [2.24, 2.45) is 5.73 Å². The van der Waals surface area contributed by atoms with Gasteiger partial charge in [-0.2, -0.15) is 0 Å². The Kier molecular flexibility index (Phi) is 2.76. The van der Waals surface area contributed by atoms with Crippen LogP contribution >= 0.6 is 0 Å². The average Bonchev–Trinajstić information content (AvgIpc) is 2.17. The monoisotopic (exact) mass is 165 g/mol. The molecule has 64 valence electrons. The molecule has 12 heavy (non-hydrogen) atoms. The summed E-state index contributed by atoms with van der Waals surface area (Å²) in [6.07, 6.45) is 3.27. The minimum Gasteiger partial charge on any atom is -0.322 e. The third kappa shape index (κ3) is 1.79. The van der Waals surface area contributed by atoms with Crippen LogP contribution in [0.3, 0.4) is 0 Å². The van der Waals surface area contributed by atoms with Crippen molar-refractivity contribution < 1.29 is 4.79 Å². The first-order valence-electron chi connectivity index (χ1n) is 3.62. The molecule has 0 atom stereocenters. The van der Waals surface area contributed by atoms with Gasteiger partial charge in [-0.3, -0.25) is 9.78 Å². The summed E-state index contributed by atoms with van der Waals surface area (Å²) in [5.74, 6) is -0.110. The molecule has 0 aliphatic rings. The lowest BCUT2D eigenvalue weighted by atomic mass is 10.3. The molecular weight excluding hydrogens is 154 g/mol. The largest absolute Gasteiger partial charge is 0.322 e. The Morgan fingerprint density at radius 3 is 2.67 bits per heavy atom. The van der Waals surface area contributed by atoms with Gasteiger partial charge in [-0.15, -0.1) is 0 Å². The van der Waals surface area contributed by atoms with E-state index < -0.39 is 0 Å². The molecule has 0 aliphatic heterocycles. The Morgan fingerprint density at radius 2 is 2.17 bits per heavy atom. The van der Waals surface area contributed by atoms with Crippen LogP contribution in [-0.4, -0.2) is 24.5 Å². The number of rotatable bonds is 2. The van der Waals surface area contributed by atoms with Crippen molar-refractivity contribution in [3.63, 3.8) is 0 Å². The van der Waals surface area contributed by atoms with Crippen molar-refractivity contribution >= 4 is 11.6 Å². The summed E-state index contributed by atoms with van der Waals surface area (Å²) in [6, 6.07) is 3.51. The maximum absolute atomic E-state index is 11.1. The zero-order valence-corrected chi connectivity index (χ0v) is 6.90. The van der Waals surface area contributed by atoms with Gasteiger partial charge in [0.15, 0.2) is 0 Å². The van der Waals surface area contributed by atoms with Gasteiger partial charge in [0.25, 0.3) is 0 Å². The van der Waals surface area contributed by atoms with Gasteiger partial charge in [0.1, 0.15) is 0 Å². The molecule has 4 heteroatoms. The van der Waals surface area contributed by atoms with Crippen LogP contribution in [0.4, 0.5) is 5.69 Å². The fourth-order valence-electron chi connectivity index (χ4n) is 0.849. The molecule has 1 aromatic rings. The van der Waals surface area contributed by atoms with E-state index in [4.69, 9.17) is 5.73 Å². The maximum atomic E-state index is 11.1. The normalized spacial score (nSPS) is 9.50. The SMILES string of the molecule is CN(C(=O)CN)c1ccncc1. The number of amides is 1. The van der Waals surface area contributed by atoms with Crippen LogP contribution in [0.25, 0.3) is 0 Å². The summed E-state index contributed by atoms with van der Waals surface area (Å²) in [7, 11) is 1.69. The van der Waals surface area contributed by atoms with Crippen molar-refractivity contribution in [3.8, 4) is 0 Å². The molecule has 0 radical (unpaired) electrons. The lowest BCUT2D eigenvalue weighted by Gasteiger charge is -2.15. The number of aromatic nitrogens is 1. The van der Waals surface area contributed by atoms with Gasteiger partial charge in [-0.05, 0) is 12.1 Å². The van der Waals surface area contributed by atoms with Crippen LogP contribution in [0.5, 0.6) is 0 Å². The quantitative estimate of drug-likeness (QED) is 0.671. The number of hydrogen-bond acceptors (Lipinski definition) is 3. The summed E-state index contributed by atoms with van der Waals surface area (Å²) in [5.41, 5.74) is 6.01. The van der Waals surface area contributed by atoms with Gasteiger partial charge in [0.05, 0.1) is 6.54 Å². The lowest BCUT2D eigenvalue weighted by Crippen LogP contribution is -2.32. The molecule has 0 aliphatic carbocycles. The molecule has 0 aromatic carbocycles. The van der Waals surface area contributed by atoms with Crippen LogP contribution in [0.1, 0.15) is 0 Å². The zero-order chi connectivity index (χ0) is 8.97. The second kappa shape index (κ2) is 3.82. The average molecular weight is 165 g/mol. The van der Waals surface area contributed by atoms with Crippen molar-refractivity contribution in [1.82, 2.24) is 4.98 Å². The first kappa shape index (κ1) is 8.67. The number of nitrogens with zero attached hydrogens (tertiary/aromatic N) is 2. The Hall–Kier alpha value is -1.42. The Morgan fingerprint density at radius 1 is 1.58 bits per heavy atom. The smallest absolute Gasteiger partial charge is 0.240 e. The predicted octanol–water partition coefficient (Wildman–Crippen LogP) is 0.00310. The molecule has 0 saturated heterocycles. The van der Waals surface area contributed by atoms with Crippen LogP contribution in [0.15, 0.2) is 24.5 Å². The molecule has 0 unspecified atom stereocenters. The van der Waals surface area contributed by atoms with E-state index in [9.17, 15) is 4.79 Å². The zero-order valence-electron chi connectivity index (χ0n) is 6.90. The maximum Gasteiger partial charge on any atom is 0.240 e. The van der Waals surface area contributed by atoms with Gasteiger partial charge in [0, 0.05) is 25.1 Å². The van der Waals surface area contributed by atoms with Crippen molar-refractivity contribution in [2.75, 3.05) is 18.5 Å². The topological polar surface area (TPSA) is 59.2 Å². The molecule has 0 fully saturated rings. The van der Waals surface area contributed by atoms with Gasteiger partial charge < -0.3 is 10.6 Å². The lowest BCUT2D eigenvalue weighted by molar-refractivity contribution is -0.117. The highest BCUT2D eigenvalue weighted by atomic mass is 16.2. The third-order valence-electron chi connectivity index (χ3n) is 1.60. The van der Waals surface area contributed by atoms with Gasteiger partial charge in [0.2, 0.25) is 5.91 Å². The second-order valence-corrected chi connectivity index (χ2v) is 2.36. The number of likely N-dealkylation sites (N-methyl/N-ethyl adjacent to an activating group) is 1. The van der Waals surface area contributed by atoms with E-state index in [1.54, 1.807) is 31.6 Å². The summed E-state index contributed by atoms with van der Waals surface area (Å²) in [5, 5.41) is 0. The predicted molar refractivity (Wildman–Crippen MR) is 46.7 cm³/mol. The molecule has 0 spiro atoms. The molecule has 1 amide bonds. The van der Waals surface area contributed by atoms with E-state index >= 15 is 0 Å². The number of carbonyl (C=O) groups is 1. The van der Waals surface area contributed by atoms with E-state index in [0.717, 1.165) is 5.69 Å². The highest BCUT2D eigenvalue weighted by Gasteiger charge is 2.06. The summed E-state index contributed by atoms with van der Waals surface area (Å²) in [6.45, 7) is 0.0266. The first-order valence-corrected chi connectivity index (χ1v) is 3.62. The highest BCUT2D eigenvalue weighted by molar-refractivity contribution is 5.93. The fourth-order valence-corrected chi connectivity index (χ4v) is 0.849. The minimum absolute atomic E-state index is 0.0266. The molecule has 1 heterocycles. The van der Waals surface area contributed by atoms with Crippen LogP contribution in [-0.2, 0) is 4.79 Å². The van der Waals surface area contributed by atoms with Gasteiger partial charge >= 0.3 is 0 Å². The number of nitrogens with two attached hydrogens (primary N) is 1. The summed E-state index contributed by atoms with van der Waals surface area (Å²) in [4.78, 5) is 16.4. The number of carbonyl (C=O) groups excluding carboxylic acids is 1. The molecular formula is C8H11N3O. The minimum atomic E-state index is -0.110. The van der Waals surface area contributed by atoms with Gasteiger partial charge in [-0.25, -0.2) is 0 Å². The van der Waals surface area contributed by atoms with E-state index in [-0.39, 0.29) is 12.5 Å². The van der Waals surface area contributed by atoms with E-state index in [1.807, 2.05) is 0 Å². The molecule has 2 N–H and O–H groups in total. The number of anilines is 1. The summed E-state index contributed by atoms with van der Waals surface area (Å²) >= 11 is 0. The first-order chi connectivity index (χ1) is 5.75. The highest BCUT2D eigenvalue weighted by Crippen LogP contribution is 2.08. The van der Waals surface area contributed by atoms with E-state index in [0.29, 0.717) is 0 Å². The molecule has 1 rings (SSSR count). The Labute approximate surface area is 71.0 Å². The standard InChI is InChI=1S/C8H11N3O/c1-11(8(12)6-9)7-2-4-10-5-3-7/h2-5H,6,9H2,1H3. The molecule has 0 saturated carbocycles. The second-order valence-electron chi connectivity index (χ2n) is 2.36. The Bertz CT molecular complexity index is 260. The molecule has 4 nitrogen and oxygen atoms in total. The van der Waals surface area contributed by atoms with Crippen LogP contribution in [0.2, 0.25) is 0 Å². The van der Waals surface area contributed by atoms with Crippen LogP contribution < -0.4 is 10.6 Å². The Balaban J connectivity index is 2.78. The number of hydrogen-bond donors (Lipinski definition) is 1. The van der Waals surface area contributed by atoms with Crippen molar-refractivity contribution in [1.29, 1.82) is 0 Å². The molecule has 0 bridgehead atoms. The van der Waals surface area contributed by atoms with Crippen molar-refractivity contribution in [3.05, 3.63) is 24.5 Å². The van der Waals surface area contributed by atoms with E-state index in [2.05, 4.69) is 4.98 Å². The van der Waals surface area contributed by atoms with Crippen LogP contribution in [0, 0.1) is 0 Å². The fraction of sp³-hybridized carbons (Fsp3) is 0.250. The third-order valence-corrected chi connectivity index (χ3v) is 1.60. The van der Waals surface area contributed by atoms with Gasteiger partial charge in [-0.1, -0.05) is 0 Å². The number of pyridine rings is 1. The van der Waals surface area contributed by atoms with Crippen molar-refractivity contribution in [2.45, 2.75) is 0 Å². The molecule has 1 aromatic heterocycles.